The summed E-state index contributed by atoms with van der Waals surface area (Å²) in [6, 6.07) is 16.4. The van der Waals surface area contributed by atoms with E-state index in [1.54, 1.807) is 18.2 Å². The molecule has 5 heteroatoms. The summed E-state index contributed by atoms with van der Waals surface area (Å²) in [6.45, 7) is 6.08. The molecule has 2 N–H and O–H groups in total. The second-order valence-corrected chi connectivity index (χ2v) is 7.55. The van der Waals surface area contributed by atoms with Crippen LogP contribution in [0.15, 0.2) is 60.8 Å². The number of carboxylic acid groups (broad SMARTS) is 1. The van der Waals surface area contributed by atoms with E-state index >= 15 is 0 Å². The molecule has 0 aliphatic rings. The molecule has 0 saturated carbocycles. The zero-order chi connectivity index (χ0) is 21.4. The second kappa shape index (κ2) is 7.76. The number of aliphatic hydroxyl groups is 1. The van der Waals surface area contributed by atoms with Crippen molar-refractivity contribution >= 4 is 11.6 Å². The Kier molecular flexibility index (Phi) is 5.14. The van der Waals surface area contributed by atoms with Crippen LogP contribution in [0.2, 0.25) is 0 Å². The molecule has 0 radical (unpaired) electrons. The van der Waals surface area contributed by atoms with Crippen molar-refractivity contribution in [2.24, 2.45) is 0 Å². The Morgan fingerprint density at radius 1 is 1.07 bits per heavy atom. The maximum atomic E-state index is 11.5. The van der Waals surface area contributed by atoms with E-state index in [4.69, 9.17) is 0 Å². The molecule has 0 amide bonds. The fourth-order valence-corrected chi connectivity index (χ4v) is 3.99. The van der Waals surface area contributed by atoms with Gasteiger partial charge in [0.2, 0.25) is 0 Å². The van der Waals surface area contributed by atoms with Crippen molar-refractivity contribution in [2.45, 2.75) is 33.3 Å². The Morgan fingerprint density at radius 3 is 2.43 bits per heavy atom. The summed E-state index contributed by atoms with van der Waals surface area (Å²) in [7, 11) is 0. The third-order valence-corrected chi connectivity index (χ3v) is 5.52. The first kappa shape index (κ1) is 19.9. The van der Waals surface area contributed by atoms with E-state index < -0.39 is 12.1 Å². The van der Waals surface area contributed by atoms with Gasteiger partial charge in [0.1, 0.15) is 11.8 Å². The smallest absolute Gasteiger partial charge is 0.336 e. The number of pyridine rings is 1. The minimum Gasteiger partial charge on any atom is -0.478 e. The number of hydrogen-bond acceptors (Lipinski definition) is 3. The number of aromatic carboxylic acids is 1. The van der Waals surface area contributed by atoms with Crippen LogP contribution in [0.4, 0.5) is 0 Å². The molecule has 2 aromatic heterocycles. The van der Waals surface area contributed by atoms with Gasteiger partial charge in [0.05, 0.1) is 17.0 Å². The second-order valence-electron chi connectivity index (χ2n) is 7.55. The molecule has 5 nitrogen and oxygen atoms in total. The van der Waals surface area contributed by atoms with Gasteiger partial charge in [-0.25, -0.2) is 9.78 Å². The predicted molar refractivity (Wildman–Crippen MR) is 117 cm³/mol. The monoisotopic (exact) mass is 400 g/mol. The minimum atomic E-state index is -0.959. The molecule has 0 aliphatic heterocycles. The van der Waals surface area contributed by atoms with E-state index in [1.165, 1.54) is 0 Å². The first-order valence-electron chi connectivity index (χ1n) is 9.99. The summed E-state index contributed by atoms with van der Waals surface area (Å²) in [5.41, 5.74) is 7.15. The molecule has 0 saturated heterocycles. The van der Waals surface area contributed by atoms with Crippen molar-refractivity contribution in [2.75, 3.05) is 0 Å². The Morgan fingerprint density at radius 2 is 1.77 bits per heavy atom. The van der Waals surface area contributed by atoms with Crippen LogP contribution in [0.5, 0.6) is 0 Å². The summed E-state index contributed by atoms with van der Waals surface area (Å²) < 4.78 is 1.99. The van der Waals surface area contributed by atoms with Gasteiger partial charge < -0.3 is 14.6 Å². The zero-order valence-corrected chi connectivity index (χ0v) is 17.3. The number of carboxylic acids is 1. The van der Waals surface area contributed by atoms with Crippen LogP contribution in [0.1, 0.15) is 51.5 Å². The molecule has 0 aliphatic carbocycles. The highest BCUT2D eigenvalue weighted by atomic mass is 16.4. The van der Waals surface area contributed by atoms with Crippen molar-refractivity contribution in [3.05, 3.63) is 94.4 Å². The van der Waals surface area contributed by atoms with Crippen molar-refractivity contribution in [1.29, 1.82) is 0 Å². The number of fused-ring (bicyclic) bond motifs is 1. The largest absolute Gasteiger partial charge is 0.478 e. The highest BCUT2D eigenvalue weighted by Gasteiger charge is 2.19. The average molecular weight is 400 g/mol. The van der Waals surface area contributed by atoms with Crippen LogP contribution < -0.4 is 0 Å². The fraction of sp³-hybridized carbons (Fsp3) is 0.200. The van der Waals surface area contributed by atoms with Gasteiger partial charge in [0.25, 0.3) is 0 Å². The molecule has 2 aromatic carbocycles. The number of rotatable bonds is 5. The van der Waals surface area contributed by atoms with Crippen LogP contribution in [0, 0.1) is 13.8 Å². The van der Waals surface area contributed by atoms with E-state index in [9.17, 15) is 15.0 Å². The Labute approximate surface area is 175 Å². The number of nitrogens with zero attached hydrogens (tertiary/aromatic N) is 2. The van der Waals surface area contributed by atoms with Crippen molar-refractivity contribution in [3.63, 3.8) is 0 Å². The number of carbonyl (C=O) groups is 1. The number of aromatic nitrogens is 2. The molecule has 4 rings (SSSR count). The molecule has 152 valence electrons. The van der Waals surface area contributed by atoms with Gasteiger partial charge in [-0.2, -0.15) is 0 Å². The van der Waals surface area contributed by atoms with Gasteiger partial charge in [0.15, 0.2) is 0 Å². The van der Waals surface area contributed by atoms with Crippen molar-refractivity contribution < 1.29 is 15.0 Å². The highest BCUT2D eigenvalue weighted by molar-refractivity contribution is 5.96. The summed E-state index contributed by atoms with van der Waals surface area (Å²) in [6.07, 6.45) is 1.99. The van der Waals surface area contributed by atoms with Crippen molar-refractivity contribution in [1.82, 2.24) is 9.38 Å². The predicted octanol–water partition coefficient (Wildman–Crippen LogP) is 4.96. The maximum absolute atomic E-state index is 11.5. The lowest BCUT2D eigenvalue weighted by atomic mass is 9.96. The first-order chi connectivity index (χ1) is 14.4. The topological polar surface area (TPSA) is 74.8 Å². The van der Waals surface area contributed by atoms with E-state index in [2.05, 4.69) is 18.0 Å². The van der Waals surface area contributed by atoms with E-state index in [0.717, 1.165) is 45.7 Å². The molecule has 0 fully saturated rings. The van der Waals surface area contributed by atoms with Gasteiger partial charge >= 0.3 is 5.97 Å². The quantitative estimate of drug-likeness (QED) is 0.496. The average Bonchev–Trinajstić information content (AvgIpc) is 3.18. The Balaban J connectivity index is 1.76. The highest BCUT2D eigenvalue weighted by Crippen LogP contribution is 2.30. The first-order valence-corrected chi connectivity index (χ1v) is 9.99. The Hall–Kier alpha value is -3.44. The lowest BCUT2D eigenvalue weighted by molar-refractivity contribution is 0.0697. The van der Waals surface area contributed by atoms with Gasteiger partial charge in [-0.05, 0) is 54.2 Å². The van der Waals surface area contributed by atoms with Crippen LogP contribution in [0.25, 0.3) is 16.8 Å². The molecule has 0 bridgehead atoms. The van der Waals surface area contributed by atoms with E-state index in [-0.39, 0.29) is 5.56 Å². The van der Waals surface area contributed by atoms with Crippen LogP contribution in [-0.2, 0) is 6.42 Å². The zero-order valence-electron chi connectivity index (χ0n) is 17.3. The van der Waals surface area contributed by atoms with Crippen LogP contribution >= 0.6 is 0 Å². The summed E-state index contributed by atoms with van der Waals surface area (Å²) in [5.74, 6) is -0.959. The SMILES string of the molecule is CCc1cn2c(C(O)c3ccc(-c4ccccc4C(=O)O)cc3)c(C)cc(C)c2n1. The molecule has 30 heavy (non-hydrogen) atoms. The molecule has 4 aromatic rings. The van der Waals surface area contributed by atoms with Gasteiger partial charge in [0, 0.05) is 6.20 Å². The number of imidazole rings is 1. The van der Waals surface area contributed by atoms with Crippen molar-refractivity contribution in [3.8, 4) is 11.1 Å². The number of aryl methyl sites for hydroxylation is 3. The fourth-order valence-electron chi connectivity index (χ4n) is 3.99. The number of hydrogen-bond donors (Lipinski definition) is 2. The maximum Gasteiger partial charge on any atom is 0.336 e. The number of aliphatic hydroxyl groups excluding tert-OH is 1. The summed E-state index contributed by atoms with van der Waals surface area (Å²) >= 11 is 0. The van der Waals surface area contributed by atoms with E-state index in [1.807, 2.05) is 54.8 Å². The molecular weight excluding hydrogens is 376 g/mol. The molecule has 2 heterocycles. The molecular formula is C25H24N2O3. The van der Waals surface area contributed by atoms with Gasteiger partial charge in [-0.15, -0.1) is 0 Å². The molecule has 1 unspecified atom stereocenters. The molecule has 0 spiro atoms. The standard InChI is InChI=1S/C25H24N2O3/c1-4-19-14-27-22(15(2)13-16(3)24(27)26-19)23(28)18-11-9-17(10-12-18)20-7-5-6-8-21(20)25(29)30/h5-14,23,28H,4H2,1-3H3,(H,29,30). The van der Waals surface area contributed by atoms with E-state index in [0.29, 0.717) is 5.56 Å². The summed E-state index contributed by atoms with van der Waals surface area (Å²) in [4.78, 5) is 16.2. The third kappa shape index (κ3) is 3.37. The lowest BCUT2D eigenvalue weighted by Crippen LogP contribution is -2.09. The summed E-state index contributed by atoms with van der Waals surface area (Å²) in [5, 5.41) is 20.7. The third-order valence-electron chi connectivity index (χ3n) is 5.52. The normalized spacial score (nSPS) is 12.3. The van der Waals surface area contributed by atoms with Crippen LogP contribution in [0.3, 0.4) is 0 Å². The van der Waals surface area contributed by atoms with Gasteiger partial charge in [-0.3, -0.25) is 0 Å². The number of benzene rings is 2. The van der Waals surface area contributed by atoms with Crippen LogP contribution in [-0.4, -0.2) is 25.6 Å². The Bertz CT molecular complexity index is 1240. The lowest BCUT2D eigenvalue weighted by Gasteiger charge is -2.18. The molecule has 1 atom stereocenters. The minimum absolute atomic E-state index is 0.257. The van der Waals surface area contributed by atoms with Gasteiger partial charge in [-0.1, -0.05) is 55.5 Å².